The Bertz CT molecular complexity index is 552. The molecule has 3 rings (SSSR count). The summed E-state index contributed by atoms with van der Waals surface area (Å²) in [6, 6.07) is 3.61. The highest BCUT2D eigenvalue weighted by Gasteiger charge is 2.45. The van der Waals surface area contributed by atoms with E-state index in [-0.39, 0.29) is 18.6 Å². The van der Waals surface area contributed by atoms with E-state index >= 15 is 0 Å². The molecule has 1 aromatic carbocycles. The lowest BCUT2D eigenvalue weighted by Gasteiger charge is -2.26. The molecule has 0 spiro atoms. The van der Waals surface area contributed by atoms with Gasteiger partial charge < -0.3 is 4.74 Å². The van der Waals surface area contributed by atoms with Crippen LogP contribution in [0.1, 0.15) is 29.8 Å². The minimum atomic E-state index is -4.36. The van der Waals surface area contributed by atoms with E-state index in [4.69, 9.17) is 10.00 Å². The van der Waals surface area contributed by atoms with Crippen molar-refractivity contribution in [2.45, 2.75) is 37.3 Å². The van der Waals surface area contributed by atoms with Crippen LogP contribution in [0, 0.1) is 11.2 Å². The van der Waals surface area contributed by atoms with Crippen LogP contribution in [-0.2, 0) is 6.18 Å². The highest BCUT2D eigenvalue weighted by Crippen LogP contribution is 2.46. The fourth-order valence-corrected chi connectivity index (χ4v) is 3.10. The van der Waals surface area contributed by atoms with Crippen LogP contribution < -0.4 is 4.74 Å². The molecule has 19 heavy (non-hydrogen) atoms. The van der Waals surface area contributed by atoms with Crippen molar-refractivity contribution in [2.75, 3.05) is 0 Å². The number of nitrogens with zero attached hydrogens (tertiary/aromatic N) is 1. The maximum absolute atomic E-state index is 12.7. The van der Waals surface area contributed by atoms with Crippen LogP contribution in [0.25, 0.3) is 0 Å². The topological polar surface area (TPSA) is 33.0 Å². The highest BCUT2D eigenvalue weighted by molar-refractivity contribution is 6.68. The van der Waals surface area contributed by atoms with Crippen LogP contribution in [0.2, 0.25) is 6.32 Å². The standard InChI is InChI=1S/C13H11BF3NO/c15-13(16,17)8-3-4-9-11(6-8)19-10-2-1-5-14(7-18)12(9)10/h3-4,6,10,12H,1-2,5H2. The molecule has 2 aliphatic heterocycles. The van der Waals surface area contributed by atoms with Crippen molar-refractivity contribution in [3.63, 3.8) is 0 Å². The molecule has 0 amide bonds. The third-order valence-electron chi connectivity index (χ3n) is 3.98. The summed E-state index contributed by atoms with van der Waals surface area (Å²) < 4.78 is 43.6. The van der Waals surface area contributed by atoms with E-state index in [2.05, 4.69) is 5.97 Å². The summed E-state index contributed by atoms with van der Waals surface area (Å²) in [5, 5.41) is 9.16. The summed E-state index contributed by atoms with van der Waals surface area (Å²) in [5.74, 6) is 2.48. The molecule has 2 aliphatic rings. The monoisotopic (exact) mass is 265 g/mol. The van der Waals surface area contributed by atoms with Gasteiger partial charge >= 0.3 is 6.18 Å². The Morgan fingerprint density at radius 3 is 2.84 bits per heavy atom. The maximum atomic E-state index is 12.7. The minimum Gasteiger partial charge on any atom is -0.490 e. The molecule has 6 heteroatoms. The number of hydrogen-bond acceptors (Lipinski definition) is 2. The van der Waals surface area contributed by atoms with Crippen molar-refractivity contribution in [3.05, 3.63) is 29.3 Å². The number of ether oxygens (including phenoxy) is 1. The first-order valence-electron chi connectivity index (χ1n) is 6.28. The molecule has 1 aromatic rings. The molecule has 1 saturated heterocycles. The van der Waals surface area contributed by atoms with E-state index in [9.17, 15) is 13.2 Å². The second kappa shape index (κ2) is 4.19. The normalized spacial score (nSPS) is 25.3. The molecule has 2 unspecified atom stereocenters. The third-order valence-corrected chi connectivity index (χ3v) is 3.98. The van der Waals surface area contributed by atoms with E-state index in [0.29, 0.717) is 5.75 Å². The van der Waals surface area contributed by atoms with Crippen LogP contribution in [-0.4, -0.2) is 12.8 Å². The molecule has 2 atom stereocenters. The van der Waals surface area contributed by atoms with E-state index in [1.165, 1.54) is 6.07 Å². The lowest BCUT2D eigenvalue weighted by molar-refractivity contribution is -0.137. The van der Waals surface area contributed by atoms with Crippen LogP contribution in [0.15, 0.2) is 18.2 Å². The number of fused-ring (bicyclic) bond motifs is 3. The summed E-state index contributed by atoms with van der Waals surface area (Å²) in [5.41, 5.74) is 0.0580. The van der Waals surface area contributed by atoms with Gasteiger partial charge in [-0.2, -0.15) is 13.2 Å². The van der Waals surface area contributed by atoms with Crippen molar-refractivity contribution < 1.29 is 17.9 Å². The van der Waals surface area contributed by atoms with Gasteiger partial charge in [-0.25, -0.2) is 5.26 Å². The van der Waals surface area contributed by atoms with Gasteiger partial charge in [-0.1, -0.05) is 18.8 Å². The number of hydrogen-bond donors (Lipinski definition) is 0. The molecule has 0 aromatic heterocycles. The molecule has 0 radical (unpaired) electrons. The van der Waals surface area contributed by atoms with Crippen LogP contribution >= 0.6 is 0 Å². The second-order valence-corrected chi connectivity index (χ2v) is 5.10. The fourth-order valence-electron chi connectivity index (χ4n) is 3.10. The average Bonchev–Trinajstić information content (AvgIpc) is 2.74. The molecule has 2 nitrogen and oxygen atoms in total. The van der Waals surface area contributed by atoms with Crippen molar-refractivity contribution in [2.24, 2.45) is 0 Å². The molecule has 1 fully saturated rings. The molecule has 2 heterocycles. The first-order chi connectivity index (χ1) is 9.00. The zero-order valence-electron chi connectivity index (χ0n) is 10.1. The van der Waals surface area contributed by atoms with E-state index in [1.54, 1.807) is 0 Å². The van der Waals surface area contributed by atoms with E-state index in [0.717, 1.165) is 36.9 Å². The van der Waals surface area contributed by atoms with Crippen LogP contribution in [0.5, 0.6) is 5.75 Å². The smallest absolute Gasteiger partial charge is 0.416 e. The zero-order chi connectivity index (χ0) is 13.6. The number of benzene rings is 1. The summed E-state index contributed by atoms with van der Waals surface area (Å²) in [7, 11) is 0. The van der Waals surface area contributed by atoms with Gasteiger partial charge in [0.15, 0.2) is 0 Å². The Kier molecular flexibility index (Phi) is 2.73. The van der Waals surface area contributed by atoms with Crippen molar-refractivity contribution >= 4 is 6.71 Å². The number of halogens is 3. The molecule has 98 valence electrons. The third kappa shape index (κ3) is 1.97. The van der Waals surface area contributed by atoms with Crippen molar-refractivity contribution in [3.8, 4) is 11.7 Å². The van der Waals surface area contributed by atoms with Gasteiger partial charge in [0, 0.05) is 11.8 Å². The second-order valence-electron chi connectivity index (χ2n) is 5.10. The summed E-state index contributed by atoms with van der Waals surface area (Å²) in [6.07, 6.45) is -2.02. The molecular formula is C13H11BF3NO. The lowest BCUT2D eigenvalue weighted by atomic mass is 9.35. The fraction of sp³-hybridized carbons (Fsp3) is 0.462. The van der Waals surface area contributed by atoms with Gasteiger partial charge in [0.05, 0.1) is 5.56 Å². The SMILES string of the molecule is N#CB1CCCC2Oc3cc(C(F)(F)F)ccc3C12. The summed E-state index contributed by atoms with van der Waals surface area (Å²) in [6.45, 7) is -0.156. The zero-order valence-corrected chi connectivity index (χ0v) is 10.1. The molecule has 0 bridgehead atoms. The van der Waals surface area contributed by atoms with E-state index in [1.807, 2.05) is 0 Å². The van der Waals surface area contributed by atoms with Gasteiger partial charge in [0.2, 0.25) is 0 Å². The van der Waals surface area contributed by atoms with Gasteiger partial charge in [-0.15, -0.1) is 0 Å². The minimum absolute atomic E-state index is 0.0731. The lowest BCUT2D eigenvalue weighted by Crippen LogP contribution is -2.35. The van der Waals surface area contributed by atoms with Crippen LogP contribution in [0.3, 0.4) is 0 Å². The summed E-state index contributed by atoms with van der Waals surface area (Å²) in [4.78, 5) is 0. The first-order valence-corrected chi connectivity index (χ1v) is 6.28. The van der Waals surface area contributed by atoms with Crippen molar-refractivity contribution in [1.29, 1.82) is 5.26 Å². The van der Waals surface area contributed by atoms with Crippen molar-refractivity contribution in [1.82, 2.24) is 0 Å². The Balaban J connectivity index is 2.00. The van der Waals surface area contributed by atoms with Gasteiger partial charge in [0.1, 0.15) is 11.9 Å². The number of rotatable bonds is 0. The highest BCUT2D eigenvalue weighted by atomic mass is 19.4. The Labute approximate surface area is 109 Å². The predicted molar refractivity (Wildman–Crippen MR) is 64.0 cm³/mol. The van der Waals surface area contributed by atoms with Crippen LogP contribution in [0.4, 0.5) is 13.2 Å². The quantitative estimate of drug-likeness (QED) is 0.673. The predicted octanol–water partition coefficient (Wildman–Crippen LogP) is 3.44. The Morgan fingerprint density at radius 2 is 2.16 bits per heavy atom. The molecule has 0 N–H and O–H groups in total. The molecule has 0 saturated carbocycles. The largest absolute Gasteiger partial charge is 0.490 e. The molecular weight excluding hydrogens is 254 g/mol. The summed E-state index contributed by atoms with van der Waals surface area (Å²) >= 11 is 0. The Hall–Kier alpha value is -1.64. The van der Waals surface area contributed by atoms with E-state index < -0.39 is 11.7 Å². The van der Waals surface area contributed by atoms with Gasteiger partial charge in [-0.3, -0.25) is 0 Å². The Morgan fingerprint density at radius 1 is 1.37 bits per heavy atom. The number of alkyl halides is 3. The van der Waals surface area contributed by atoms with Gasteiger partial charge in [-0.05, 0) is 24.1 Å². The maximum Gasteiger partial charge on any atom is 0.416 e. The molecule has 0 aliphatic carbocycles. The number of nitriles is 1. The van der Waals surface area contributed by atoms with Gasteiger partial charge in [0.25, 0.3) is 6.71 Å². The first kappa shape index (κ1) is 12.4. The average molecular weight is 265 g/mol.